The standard InChI is InChI=1S/C26H25ClFN3O4/c27-20-10-15(11-21(28)25(20)33)14-3-8-22-18(9-14)23(19(12-29-22)24(32)13-1-2-13)30-16-4-6-17(7-5-16)31-26(34)35/h3,8-13,16-17,31,33H,1-2,4-7H2,(H,29,30)(H,34,35)/t16-,17-. The molecule has 0 radical (unpaired) electrons. The summed E-state index contributed by atoms with van der Waals surface area (Å²) in [6, 6.07) is 8.18. The van der Waals surface area contributed by atoms with Crippen molar-refractivity contribution in [1.29, 1.82) is 0 Å². The van der Waals surface area contributed by atoms with E-state index in [1.54, 1.807) is 12.3 Å². The molecule has 0 saturated heterocycles. The first-order valence-corrected chi connectivity index (χ1v) is 12.1. The van der Waals surface area contributed by atoms with Crippen LogP contribution in [0.15, 0.2) is 36.5 Å². The van der Waals surface area contributed by atoms with Crippen LogP contribution >= 0.6 is 11.6 Å². The molecule has 2 aliphatic rings. The summed E-state index contributed by atoms with van der Waals surface area (Å²) in [4.78, 5) is 28.6. The quantitative estimate of drug-likeness (QED) is 0.311. The molecule has 1 heterocycles. The molecule has 7 nitrogen and oxygen atoms in total. The Morgan fingerprint density at radius 3 is 2.37 bits per heavy atom. The number of hydrogen-bond donors (Lipinski definition) is 4. The molecule has 182 valence electrons. The highest BCUT2D eigenvalue weighted by atomic mass is 35.5. The number of carboxylic acid groups (broad SMARTS) is 1. The maximum atomic E-state index is 14.2. The summed E-state index contributed by atoms with van der Waals surface area (Å²) in [5.41, 5.74) is 3.10. The number of rotatable bonds is 6. The molecule has 3 aromatic rings. The van der Waals surface area contributed by atoms with Gasteiger partial charge in [-0.3, -0.25) is 9.78 Å². The number of halogens is 2. The number of Topliss-reactive ketones (excluding diaryl/α,β-unsaturated/α-hetero) is 1. The molecular weight excluding hydrogens is 473 g/mol. The van der Waals surface area contributed by atoms with Gasteiger partial charge in [0.15, 0.2) is 17.3 Å². The highest BCUT2D eigenvalue weighted by Gasteiger charge is 2.33. The summed E-state index contributed by atoms with van der Waals surface area (Å²) in [7, 11) is 0. The van der Waals surface area contributed by atoms with Crippen molar-refractivity contribution in [3.63, 3.8) is 0 Å². The number of nitrogens with zero attached hydrogens (tertiary/aromatic N) is 1. The third-order valence-corrected chi connectivity index (χ3v) is 7.12. The highest BCUT2D eigenvalue weighted by Crippen LogP contribution is 2.39. The first kappa shape index (κ1) is 23.4. The molecule has 9 heteroatoms. The largest absolute Gasteiger partial charge is 0.504 e. The number of ketones is 1. The van der Waals surface area contributed by atoms with Gasteiger partial charge in [-0.1, -0.05) is 17.7 Å². The molecule has 2 aromatic carbocycles. The van der Waals surface area contributed by atoms with Crippen LogP contribution in [0.2, 0.25) is 5.02 Å². The summed E-state index contributed by atoms with van der Waals surface area (Å²) in [6.07, 6.45) is 5.26. The van der Waals surface area contributed by atoms with E-state index in [1.807, 2.05) is 12.1 Å². The van der Waals surface area contributed by atoms with Crippen molar-refractivity contribution >= 4 is 40.1 Å². The topological polar surface area (TPSA) is 112 Å². The zero-order valence-electron chi connectivity index (χ0n) is 18.9. The predicted molar refractivity (Wildman–Crippen MR) is 132 cm³/mol. The number of pyridine rings is 1. The minimum atomic E-state index is -1.02. The smallest absolute Gasteiger partial charge is 0.404 e. The lowest BCUT2D eigenvalue weighted by Crippen LogP contribution is -2.39. The van der Waals surface area contributed by atoms with E-state index in [1.165, 1.54) is 12.1 Å². The second-order valence-corrected chi connectivity index (χ2v) is 9.76. The minimum absolute atomic E-state index is 0.0125. The number of anilines is 1. The summed E-state index contributed by atoms with van der Waals surface area (Å²) >= 11 is 6.00. The average Bonchev–Trinajstić information content (AvgIpc) is 3.68. The number of aromatic hydroxyl groups is 1. The fraction of sp³-hybridized carbons (Fsp3) is 0.346. The second kappa shape index (κ2) is 9.34. The van der Waals surface area contributed by atoms with Gasteiger partial charge in [0, 0.05) is 29.6 Å². The van der Waals surface area contributed by atoms with Crippen LogP contribution in [0.25, 0.3) is 22.0 Å². The molecule has 1 amide bonds. The molecule has 5 rings (SSSR count). The molecule has 0 spiro atoms. The summed E-state index contributed by atoms with van der Waals surface area (Å²) in [5, 5.41) is 25.5. The molecule has 35 heavy (non-hydrogen) atoms. The number of hydrogen-bond acceptors (Lipinski definition) is 5. The maximum absolute atomic E-state index is 14.2. The Morgan fingerprint density at radius 1 is 1.00 bits per heavy atom. The Morgan fingerprint density at radius 2 is 1.71 bits per heavy atom. The Bertz CT molecular complexity index is 1300. The van der Waals surface area contributed by atoms with Crippen LogP contribution in [0.5, 0.6) is 5.75 Å². The number of carbonyl (C=O) groups excluding carboxylic acids is 1. The van der Waals surface area contributed by atoms with Crippen LogP contribution in [-0.2, 0) is 0 Å². The van der Waals surface area contributed by atoms with Crippen molar-refractivity contribution in [2.45, 2.75) is 50.6 Å². The Kier molecular flexibility index (Phi) is 6.23. The lowest BCUT2D eigenvalue weighted by Gasteiger charge is -2.30. The van der Waals surface area contributed by atoms with E-state index in [9.17, 15) is 19.1 Å². The Balaban J connectivity index is 1.53. The van der Waals surface area contributed by atoms with Gasteiger partial charge in [-0.15, -0.1) is 0 Å². The molecule has 2 fully saturated rings. The van der Waals surface area contributed by atoms with Gasteiger partial charge in [0.1, 0.15) is 0 Å². The molecule has 0 bridgehead atoms. The van der Waals surface area contributed by atoms with Gasteiger partial charge < -0.3 is 20.8 Å². The fourth-order valence-electron chi connectivity index (χ4n) is 4.77. The van der Waals surface area contributed by atoms with Crippen LogP contribution < -0.4 is 10.6 Å². The van der Waals surface area contributed by atoms with Crippen molar-refractivity contribution in [3.8, 4) is 16.9 Å². The summed E-state index contributed by atoms with van der Waals surface area (Å²) in [6.45, 7) is 0. The Hall–Kier alpha value is -3.39. The number of nitrogens with one attached hydrogen (secondary N) is 2. The normalized spacial score (nSPS) is 19.9. The van der Waals surface area contributed by atoms with Crippen molar-refractivity contribution in [3.05, 3.63) is 52.9 Å². The van der Waals surface area contributed by atoms with Crippen molar-refractivity contribution < 1.29 is 24.2 Å². The summed E-state index contributed by atoms with van der Waals surface area (Å²) in [5.74, 6) is -1.33. The predicted octanol–water partition coefficient (Wildman–Crippen LogP) is 5.98. The second-order valence-electron chi connectivity index (χ2n) is 9.35. The van der Waals surface area contributed by atoms with Gasteiger partial charge in [-0.2, -0.15) is 0 Å². The molecule has 2 aliphatic carbocycles. The number of phenolic OH excluding ortho intramolecular Hbond substituents is 1. The lowest BCUT2D eigenvalue weighted by atomic mass is 9.90. The van der Waals surface area contributed by atoms with Gasteiger partial charge in [-0.25, -0.2) is 9.18 Å². The van der Waals surface area contributed by atoms with E-state index < -0.39 is 17.7 Å². The summed E-state index contributed by atoms with van der Waals surface area (Å²) < 4.78 is 14.2. The van der Waals surface area contributed by atoms with Gasteiger partial charge in [0.2, 0.25) is 0 Å². The van der Waals surface area contributed by atoms with Gasteiger partial charge in [0.25, 0.3) is 0 Å². The molecule has 0 atom stereocenters. The first-order chi connectivity index (χ1) is 16.8. The molecule has 4 N–H and O–H groups in total. The number of amides is 1. The zero-order valence-corrected chi connectivity index (χ0v) is 19.6. The number of aromatic nitrogens is 1. The molecule has 1 aromatic heterocycles. The van der Waals surface area contributed by atoms with Gasteiger partial charge >= 0.3 is 6.09 Å². The minimum Gasteiger partial charge on any atom is -0.504 e. The van der Waals surface area contributed by atoms with Crippen LogP contribution in [0, 0.1) is 11.7 Å². The van der Waals surface area contributed by atoms with E-state index in [4.69, 9.17) is 16.7 Å². The van der Waals surface area contributed by atoms with Crippen LogP contribution in [0.4, 0.5) is 14.9 Å². The van der Waals surface area contributed by atoms with Crippen molar-refractivity contribution in [2.24, 2.45) is 5.92 Å². The third kappa shape index (κ3) is 4.89. The SMILES string of the molecule is O=C(O)N[C@H]1CC[C@H](Nc2c(C(=O)C3CC3)cnc3ccc(-c4cc(F)c(O)c(Cl)c4)cc23)CC1. The maximum Gasteiger partial charge on any atom is 0.404 e. The molecule has 2 saturated carbocycles. The zero-order chi connectivity index (χ0) is 24.7. The third-order valence-electron chi connectivity index (χ3n) is 6.84. The van der Waals surface area contributed by atoms with E-state index in [-0.39, 0.29) is 28.8 Å². The number of phenols is 1. The van der Waals surface area contributed by atoms with Gasteiger partial charge in [-0.05, 0) is 73.9 Å². The van der Waals surface area contributed by atoms with Crippen LogP contribution in [0.1, 0.15) is 48.9 Å². The van der Waals surface area contributed by atoms with Crippen molar-refractivity contribution in [2.75, 3.05) is 5.32 Å². The number of fused-ring (bicyclic) bond motifs is 1. The molecule has 0 unspecified atom stereocenters. The number of benzene rings is 2. The lowest BCUT2D eigenvalue weighted by molar-refractivity contribution is 0.0968. The van der Waals surface area contributed by atoms with E-state index in [0.29, 0.717) is 40.7 Å². The first-order valence-electron chi connectivity index (χ1n) is 11.7. The van der Waals surface area contributed by atoms with E-state index in [2.05, 4.69) is 15.6 Å². The number of carbonyl (C=O) groups is 2. The Labute approximate surface area is 206 Å². The molecular formula is C26H25ClFN3O4. The van der Waals surface area contributed by atoms with E-state index >= 15 is 0 Å². The monoisotopic (exact) mass is 497 g/mol. The fourth-order valence-corrected chi connectivity index (χ4v) is 4.98. The van der Waals surface area contributed by atoms with Crippen molar-refractivity contribution in [1.82, 2.24) is 10.3 Å². The highest BCUT2D eigenvalue weighted by molar-refractivity contribution is 6.32. The van der Waals surface area contributed by atoms with Gasteiger partial charge in [0.05, 0.1) is 21.8 Å². The average molecular weight is 498 g/mol. The molecule has 0 aliphatic heterocycles. The van der Waals surface area contributed by atoms with Crippen LogP contribution in [0.3, 0.4) is 0 Å². The van der Waals surface area contributed by atoms with E-state index in [0.717, 1.165) is 31.1 Å². The van der Waals surface area contributed by atoms with Crippen LogP contribution in [-0.4, -0.2) is 39.2 Å².